The molecule has 0 amide bonds. The van der Waals surface area contributed by atoms with Gasteiger partial charge in [-0.25, -0.2) is 0 Å². The Hall–Kier alpha value is -0.570. The van der Waals surface area contributed by atoms with Crippen molar-refractivity contribution in [2.45, 2.75) is 57.9 Å². The van der Waals surface area contributed by atoms with Gasteiger partial charge >= 0.3 is 5.97 Å². The van der Waals surface area contributed by atoms with Gasteiger partial charge in [0.25, 0.3) is 0 Å². The van der Waals surface area contributed by atoms with E-state index >= 15 is 0 Å². The Morgan fingerprint density at radius 1 is 1.38 bits per heavy atom. The molecule has 3 nitrogen and oxygen atoms in total. The van der Waals surface area contributed by atoms with Gasteiger partial charge in [-0.05, 0) is 31.7 Å². The van der Waals surface area contributed by atoms with E-state index in [1.54, 1.807) is 0 Å². The van der Waals surface area contributed by atoms with Gasteiger partial charge in [-0.2, -0.15) is 0 Å². The number of esters is 1. The lowest BCUT2D eigenvalue weighted by molar-refractivity contribution is -0.141. The maximum absolute atomic E-state index is 11.4. The number of rotatable bonds is 6. The Bertz CT molecular complexity index is 200. The van der Waals surface area contributed by atoms with Crippen LogP contribution in [-0.4, -0.2) is 25.7 Å². The highest BCUT2D eigenvalue weighted by Crippen LogP contribution is 2.27. The molecule has 1 unspecified atom stereocenters. The minimum Gasteiger partial charge on any atom is -0.469 e. The molecule has 0 aromatic carbocycles. The molecule has 1 aliphatic carbocycles. The van der Waals surface area contributed by atoms with Crippen LogP contribution in [0.5, 0.6) is 0 Å². The Morgan fingerprint density at radius 3 is 2.62 bits per heavy atom. The molecule has 3 heteroatoms. The van der Waals surface area contributed by atoms with E-state index in [-0.39, 0.29) is 5.97 Å². The van der Waals surface area contributed by atoms with Gasteiger partial charge in [-0.15, -0.1) is 0 Å². The number of carbonyl (C=O) groups is 1. The predicted octanol–water partition coefficient (Wildman–Crippen LogP) is 2.50. The molecule has 0 radical (unpaired) electrons. The second-order valence-corrected chi connectivity index (χ2v) is 4.74. The van der Waals surface area contributed by atoms with Crippen LogP contribution in [0.15, 0.2) is 0 Å². The first-order valence-electron chi connectivity index (χ1n) is 6.58. The van der Waals surface area contributed by atoms with Gasteiger partial charge in [0.15, 0.2) is 0 Å². The van der Waals surface area contributed by atoms with Crippen molar-refractivity contribution >= 4 is 5.97 Å². The number of carbonyl (C=O) groups excluding carboxylic acids is 1. The Kier molecular flexibility index (Phi) is 6.46. The largest absolute Gasteiger partial charge is 0.469 e. The summed E-state index contributed by atoms with van der Waals surface area (Å²) in [5.41, 5.74) is 0. The van der Waals surface area contributed by atoms with Crippen LogP contribution >= 0.6 is 0 Å². The molecule has 1 saturated carbocycles. The van der Waals surface area contributed by atoms with Gasteiger partial charge in [-0.1, -0.05) is 26.2 Å². The van der Waals surface area contributed by atoms with Gasteiger partial charge in [0.2, 0.25) is 0 Å². The Balaban J connectivity index is 2.43. The lowest BCUT2D eigenvalue weighted by atomic mass is 9.82. The fourth-order valence-corrected chi connectivity index (χ4v) is 2.53. The molecule has 94 valence electrons. The second kappa shape index (κ2) is 7.66. The van der Waals surface area contributed by atoms with Crippen LogP contribution in [0.3, 0.4) is 0 Å². The molecule has 1 fully saturated rings. The minimum absolute atomic E-state index is 0.0841. The standard InChI is InChI=1S/C13H25NO2/c1-3-9-14-12(10-13(15)16-2)11-7-5-4-6-8-11/h11-12,14H,3-10H2,1-2H3. The monoisotopic (exact) mass is 227 g/mol. The van der Waals surface area contributed by atoms with Gasteiger partial charge in [0.1, 0.15) is 0 Å². The van der Waals surface area contributed by atoms with Crippen LogP contribution in [-0.2, 0) is 9.53 Å². The van der Waals surface area contributed by atoms with Gasteiger partial charge < -0.3 is 10.1 Å². The number of nitrogens with one attached hydrogen (secondary N) is 1. The summed E-state index contributed by atoms with van der Waals surface area (Å²) in [7, 11) is 1.47. The summed E-state index contributed by atoms with van der Waals surface area (Å²) in [6.07, 6.45) is 8.16. The van der Waals surface area contributed by atoms with Crippen molar-refractivity contribution in [1.29, 1.82) is 0 Å². The van der Waals surface area contributed by atoms with E-state index in [9.17, 15) is 4.79 Å². The third-order valence-electron chi connectivity index (χ3n) is 3.49. The lowest BCUT2D eigenvalue weighted by Crippen LogP contribution is -2.39. The van der Waals surface area contributed by atoms with E-state index in [2.05, 4.69) is 12.2 Å². The zero-order valence-corrected chi connectivity index (χ0v) is 10.6. The van der Waals surface area contributed by atoms with E-state index in [0.717, 1.165) is 13.0 Å². The average molecular weight is 227 g/mol. The van der Waals surface area contributed by atoms with Crippen LogP contribution in [0.4, 0.5) is 0 Å². The molecule has 16 heavy (non-hydrogen) atoms. The highest BCUT2D eigenvalue weighted by atomic mass is 16.5. The normalized spacial score (nSPS) is 19.4. The molecule has 0 saturated heterocycles. The van der Waals surface area contributed by atoms with Crippen molar-refractivity contribution in [2.24, 2.45) is 5.92 Å². The van der Waals surface area contributed by atoms with Gasteiger partial charge in [0.05, 0.1) is 13.5 Å². The quantitative estimate of drug-likeness (QED) is 0.709. The molecule has 1 aliphatic rings. The maximum atomic E-state index is 11.4. The van der Waals surface area contributed by atoms with Crippen LogP contribution in [0.2, 0.25) is 0 Å². The highest BCUT2D eigenvalue weighted by Gasteiger charge is 2.25. The molecule has 0 spiro atoms. The first-order chi connectivity index (χ1) is 7.77. The molecule has 0 aliphatic heterocycles. The van der Waals surface area contributed by atoms with Crippen molar-refractivity contribution in [2.75, 3.05) is 13.7 Å². The summed E-state index contributed by atoms with van der Waals surface area (Å²) in [4.78, 5) is 11.4. The van der Waals surface area contributed by atoms with Gasteiger partial charge in [-0.3, -0.25) is 4.79 Å². The third kappa shape index (κ3) is 4.52. The minimum atomic E-state index is -0.0841. The molecule has 0 aromatic heterocycles. The molecule has 0 heterocycles. The number of hydrogen-bond acceptors (Lipinski definition) is 3. The van der Waals surface area contributed by atoms with E-state index < -0.39 is 0 Å². The van der Waals surface area contributed by atoms with Crippen molar-refractivity contribution < 1.29 is 9.53 Å². The molecule has 1 atom stereocenters. The van der Waals surface area contributed by atoms with E-state index in [4.69, 9.17) is 4.74 Å². The summed E-state index contributed by atoms with van der Waals surface area (Å²) in [5.74, 6) is 0.582. The maximum Gasteiger partial charge on any atom is 0.307 e. The predicted molar refractivity (Wildman–Crippen MR) is 65.3 cm³/mol. The first kappa shape index (κ1) is 13.5. The fourth-order valence-electron chi connectivity index (χ4n) is 2.53. The molecule has 0 aromatic rings. The smallest absolute Gasteiger partial charge is 0.307 e. The number of hydrogen-bond donors (Lipinski definition) is 1. The first-order valence-corrected chi connectivity index (χ1v) is 6.58. The fraction of sp³-hybridized carbons (Fsp3) is 0.923. The Morgan fingerprint density at radius 2 is 2.06 bits per heavy atom. The van der Waals surface area contributed by atoms with E-state index in [1.165, 1.54) is 39.2 Å². The third-order valence-corrected chi connectivity index (χ3v) is 3.49. The van der Waals surface area contributed by atoms with Gasteiger partial charge in [0, 0.05) is 6.04 Å². The van der Waals surface area contributed by atoms with Crippen LogP contribution in [0.25, 0.3) is 0 Å². The molecule has 0 bridgehead atoms. The van der Waals surface area contributed by atoms with Crippen LogP contribution < -0.4 is 5.32 Å². The SMILES string of the molecule is CCCNC(CC(=O)OC)C1CCCCC1. The van der Waals surface area contributed by atoms with Crippen molar-refractivity contribution in [3.63, 3.8) is 0 Å². The molecular formula is C13H25NO2. The van der Waals surface area contributed by atoms with Crippen molar-refractivity contribution in [1.82, 2.24) is 5.32 Å². The molecule has 1 N–H and O–H groups in total. The molecular weight excluding hydrogens is 202 g/mol. The molecule has 1 rings (SSSR count). The highest BCUT2D eigenvalue weighted by molar-refractivity contribution is 5.69. The van der Waals surface area contributed by atoms with Crippen molar-refractivity contribution in [3.05, 3.63) is 0 Å². The summed E-state index contributed by atoms with van der Waals surface area (Å²) in [6, 6.07) is 0.327. The number of methoxy groups -OCH3 is 1. The number of ether oxygens (including phenoxy) is 1. The summed E-state index contributed by atoms with van der Waals surface area (Å²) in [5, 5.41) is 3.50. The Labute approximate surface area is 98.9 Å². The van der Waals surface area contributed by atoms with E-state index in [1.807, 2.05) is 0 Å². The summed E-state index contributed by atoms with van der Waals surface area (Å²) < 4.78 is 4.77. The average Bonchev–Trinajstić information content (AvgIpc) is 2.35. The van der Waals surface area contributed by atoms with E-state index in [0.29, 0.717) is 18.4 Å². The zero-order valence-electron chi connectivity index (χ0n) is 10.6. The summed E-state index contributed by atoms with van der Waals surface area (Å²) >= 11 is 0. The van der Waals surface area contributed by atoms with Crippen LogP contribution in [0, 0.1) is 5.92 Å². The topological polar surface area (TPSA) is 38.3 Å². The summed E-state index contributed by atoms with van der Waals surface area (Å²) in [6.45, 7) is 3.15. The van der Waals surface area contributed by atoms with Crippen LogP contribution in [0.1, 0.15) is 51.9 Å². The van der Waals surface area contributed by atoms with Crippen molar-refractivity contribution in [3.8, 4) is 0 Å². The zero-order chi connectivity index (χ0) is 11.8. The lowest BCUT2D eigenvalue weighted by Gasteiger charge is -2.30. The second-order valence-electron chi connectivity index (χ2n) is 4.74.